The van der Waals surface area contributed by atoms with Crippen LogP contribution in [0.1, 0.15) is 11.1 Å². The first-order chi connectivity index (χ1) is 9.58. The van der Waals surface area contributed by atoms with E-state index < -0.39 is 0 Å². The van der Waals surface area contributed by atoms with Crippen molar-refractivity contribution in [3.05, 3.63) is 29.3 Å². The molecule has 0 radical (unpaired) electrons. The van der Waals surface area contributed by atoms with Crippen LogP contribution in [0.15, 0.2) is 18.2 Å². The molecule has 104 valence electrons. The number of hydrogen-bond acceptors (Lipinski definition) is 3. The minimum absolute atomic E-state index is 0.196. The van der Waals surface area contributed by atoms with Crippen molar-refractivity contribution >= 4 is 21.8 Å². The quantitative estimate of drug-likeness (QED) is 0.748. The molecular weight excluding hydrogens is 254 g/mol. The maximum Gasteiger partial charge on any atom is 0.170 e. The number of aromatic amines is 1. The van der Waals surface area contributed by atoms with E-state index in [1.54, 1.807) is 14.2 Å². The van der Waals surface area contributed by atoms with Gasteiger partial charge in [-0.3, -0.25) is 0 Å². The highest BCUT2D eigenvalue weighted by molar-refractivity contribution is 6.13. The molecule has 4 nitrogen and oxygen atoms in total. The van der Waals surface area contributed by atoms with Crippen LogP contribution in [0.2, 0.25) is 0 Å². The minimum Gasteiger partial charge on any atom is -0.504 e. The van der Waals surface area contributed by atoms with Crippen molar-refractivity contribution in [3.63, 3.8) is 0 Å². The van der Waals surface area contributed by atoms with Gasteiger partial charge in [0.15, 0.2) is 11.5 Å². The summed E-state index contributed by atoms with van der Waals surface area (Å²) >= 11 is 0. The lowest BCUT2D eigenvalue weighted by atomic mass is 10.0. The van der Waals surface area contributed by atoms with Gasteiger partial charge in [-0.25, -0.2) is 0 Å². The maximum atomic E-state index is 10.3. The number of hydrogen-bond donors (Lipinski definition) is 2. The first-order valence-corrected chi connectivity index (χ1v) is 6.44. The second-order valence-electron chi connectivity index (χ2n) is 4.92. The van der Waals surface area contributed by atoms with Crippen LogP contribution < -0.4 is 9.47 Å². The standard InChI is InChI=1S/C16H17NO3/c1-8-9(2)15(18)16(20-4)13-11-7-10(19-3)5-6-12(11)17-14(8)13/h5-7,17-18H,1-4H3. The molecule has 0 spiro atoms. The third kappa shape index (κ3) is 1.54. The number of ether oxygens (including phenoxy) is 2. The highest BCUT2D eigenvalue weighted by Gasteiger charge is 2.19. The Morgan fingerprint density at radius 3 is 2.45 bits per heavy atom. The van der Waals surface area contributed by atoms with Crippen LogP contribution in [0.5, 0.6) is 17.2 Å². The summed E-state index contributed by atoms with van der Waals surface area (Å²) in [6.07, 6.45) is 0. The Labute approximate surface area is 116 Å². The van der Waals surface area contributed by atoms with Gasteiger partial charge in [0, 0.05) is 10.9 Å². The molecule has 3 rings (SSSR count). The molecule has 0 aliphatic heterocycles. The van der Waals surface area contributed by atoms with Gasteiger partial charge in [0.1, 0.15) is 5.75 Å². The number of phenolic OH excluding ortho intramolecular Hbond substituents is 1. The first kappa shape index (κ1) is 12.7. The van der Waals surface area contributed by atoms with Crippen molar-refractivity contribution in [1.29, 1.82) is 0 Å². The molecule has 0 aliphatic rings. The van der Waals surface area contributed by atoms with Gasteiger partial charge in [0.2, 0.25) is 0 Å². The number of rotatable bonds is 2. The molecule has 0 bridgehead atoms. The summed E-state index contributed by atoms with van der Waals surface area (Å²) in [5.41, 5.74) is 3.83. The number of H-pyrrole nitrogens is 1. The lowest BCUT2D eigenvalue weighted by Crippen LogP contribution is -1.91. The van der Waals surface area contributed by atoms with E-state index in [2.05, 4.69) is 4.98 Å². The van der Waals surface area contributed by atoms with Crippen molar-refractivity contribution in [1.82, 2.24) is 4.98 Å². The molecule has 20 heavy (non-hydrogen) atoms. The van der Waals surface area contributed by atoms with Crippen LogP contribution in [0, 0.1) is 13.8 Å². The number of phenols is 1. The topological polar surface area (TPSA) is 54.5 Å². The average Bonchev–Trinajstić information content (AvgIpc) is 2.84. The normalized spacial score (nSPS) is 11.2. The number of aromatic hydroxyl groups is 1. The Hall–Kier alpha value is -2.36. The third-order valence-electron chi connectivity index (χ3n) is 3.94. The van der Waals surface area contributed by atoms with Gasteiger partial charge in [0.25, 0.3) is 0 Å². The van der Waals surface area contributed by atoms with E-state index in [0.29, 0.717) is 5.75 Å². The fourth-order valence-electron chi connectivity index (χ4n) is 2.67. The van der Waals surface area contributed by atoms with Gasteiger partial charge < -0.3 is 19.6 Å². The molecule has 1 aromatic heterocycles. The fourth-order valence-corrected chi connectivity index (χ4v) is 2.67. The monoisotopic (exact) mass is 271 g/mol. The number of fused-ring (bicyclic) bond motifs is 3. The molecule has 0 amide bonds. The van der Waals surface area contributed by atoms with E-state index in [9.17, 15) is 5.11 Å². The zero-order chi connectivity index (χ0) is 14.4. The van der Waals surface area contributed by atoms with Crippen molar-refractivity contribution in [3.8, 4) is 17.2 Å². The Morgan fingerprint density at radius 2 is 1.80 bits per heavy atom. The lowest BCUT2D eigenvalue weighted by Gasteiger charge is -2.11. The largest absolute Gasteiger partial charge is 0.504 e. The number of benzene rings is 2. The zero-order valence-electron chi connectivity index (χ0n) is 12.0. The van der Waals surface area contributed by atoms with E-state index in [4.69, 9.17) is 9.47 Å². The summed E-state index contributed by atoms with van der Waals surface area (Å²) in [7, 11) is 3.21. The summed E-state index contributed by atoms with van der Waals surface area (Å²) in [6, 6.07) is 5.83. The summed E-state index contributed by atoms with van der Waals surface area (Å²) in [4.78, 5) is 3.39. The summed E-state index contributed by atoms with van der Waals surface area (Å²) in [6.45, 7) is 3.88. The highest BCUT2D eigenvalue weighted by Crippen LogP contribution is 2.44. The fraction of sp³-hybridized carbons (Fsp3) is 0.250. The predicted molar refractivity (Wildman–Crippen MR) is 80.0 cm³/mol. The molecule has 2 aromatic carbocycles. The van der Waals surface area contributed by atoms with Gasteiger partial charge in [-0.15, -0.1) is 0 Å². The lowest BCUT2D eigenvalue weighted by molar-refractivity contribution is 0.376. The van der Waals surface area contributed by atoms with E-state index >= 15 is 0 Å². The molecule has 4 heteroatoms. The van der Waals surface area contributed by atoms with Crippen LogP contribution in [0.4, 0.5) is 0 Å². The SMILES string of the molecule is COc1ccc2[nH]c3c(C)c(C)c(O)c(OC)c3c2c1. The summed E-state index contributed by atoms with van der Waals surface area (Å²) in [5, 5.41) is 12.2. The Morgan fingerprint density at radius 1 is 1.05 bits per heavy atom. The smallest absolute Gasteiger partial charge is 0.170 e. The molecule has 0 aliphatic carbocycles. The van der Waals surface area contributed by atoms with Crippen molar-refractivity contribution in [2.45, 2.75) is 13.8 Å². The Bertz CT molecular complexity index is 818. The van der Waals surface area contributed by atoms with Gasteiger partial charge in [-0.05, 0) is 43.2 Å². The van der Waals surface area contributed by atoms with Gasteiger partial charge in [-0.1, -0.05) is 0 Å². The molecule has 0 saturated carbocycles. The molecule has 0 saturated heterocycles. The van der Waals surface area contributed by atoms with Crippen LogP contribution in [-0.2, 0) is 0 Å². The molecule has 0 unspecified atom stereocenters. The van der Waals surface area contributed by atoms with Crippen LogP contribution in [0.25, 0.3) is 21.8 Å². The number of nitrogens with one attached hydrogen (secondary N) is 1. The second-order valence-corrected chi connectivity index (χ2v) is 4.92. The maximum absolute atomic E-state index is 10.3. The molecule has 1 heterocycles. The third-order valence-corrected chi connectivity index (χ3v) is 3.94. The molecule has 3 aromatic rings. The van der Waals surface area contributed by atoms with Crippen molar-refractivity contribution in [2.75, 3.05) is 14.2 Å². The van der Waals surface area contributed by atoms with Crippen LogP contribution in [0.3, 0.4) is 0 Å². The van der Waals surface area contributed by atoms with Gasteiger partial charge in [-0.2, -0.15) is 0 Å². The van der Waals surface area contributed by atoms with Crippen molar-refractivity contribution < 1.29 is 14.6 Å². The number of aromatic nitrogens is 1. The predicted octanol–water partition coefficient (Wildman–Crippen LogP) is 3.66. The van der Waals surface area contributed by atoms with Crippen molar-refractivity contribution in [2.24, 2.45) is 0 Å². The molecular formula is C16H17NO3. The molecule has 0 fully saturated rings. The molecule has 0 atom stereocenters. The summed E-state index contributed by atoms with van der Waals surface area (Å²) < 4.78 is 10.7. The van der Waals surface area contributed by atoms with E-state index in [1.165, 1.54) is 0 Å². The van der Waals surface area contributed by atoms with Crippen LogP contribution >= 0.6 is 0 Å². The highest BCUT2D eigenvalue weighted by atomic mass is 16.5. The minimum atomic E-state index is 0.196. The average molecular weight is 271 g/mol. The Kier molecular flexibility index (Phi) is 2.74. The number of aryl methyl sites for hydroxylation is 1. The van der Waals surface area contributed by atoms with Gasteiger partial charge >= 0.3 is 0 Å². The van der Waals surface area contributed by atoms with Gasteiger partial charge in [0.05, 0.1) is 25.1 Å². The zero-order valence-corrected chi connectivity index (χ0v) is 12.0. The van der Waals surface area contributed by atoms with E-state index in [-0.39, 0.29) is 5.75 Å². The first-order valence-electron chi connectivity index (χ1n) is 6.44. The molecule has 2 N–H and O–H groups in total. The van der Waals surface area contributed by atoms with Crippen LogP contribution in [-0.4, -0.2) is 24.3 Å². The van der Waals surface area contributed by atoms with E-state index in [1.807, 2.05) is 32.0 Å². The summed E-state index contributed by atoms with van der Waals surface area (Å²) in [5.74, 6) is 1.47. The second kappa shape index (κ2) is 4.34. The Balaban J connectivity index is 2.56. The van der Waals surface area contributed by atoms with E-state index in [0.717, 1.165) is 38.7 Å². The number of methoxy groups -OCH3 is 2.